The molecule has 0 atom stereocenters. The summed E-state index contributed by atoms with van der Waals surface area (Å²) in [7, 11) is 0.0973. The number of benzene rings is 1. The van der Waals surface area contributed by atoms with Crippen molar-refractivity contribution in [3.8, 4) is 0 Å². The van der Waals surface area contributed by atoms with Crippen LogP contribution in [0, 0.1) is 13.8 Å². The van der Waals surface area contributed by atoms with Gasteiger partial charge in [-0.05, 0) is 38.6 Å². The minimum atomic E-state index is -3.57. The van der Waals surface area contributed by atoms with E-state index in [1.165, 1.54) is 0 Å². The van der Waals surface area contributed by atoms with E-state index in [-0.39, 0.29) is 4.90 Å². The first kappa shape index (κ1) is 15.6. The third-order valence-corrected chi connectivity index (χ3v) is 4.71. The molecule has 0 aliphatic rings. The van der Waals surface area contributed by atoms with Gasteiger partial charge in [0.25, 0.3) is 10.0 Å². The van der Waals surface area contributed by atoms with E-state index < -0.39 is 10.0 Å². The predicted octanol–water partition coefficient (Wildman–Crippen LogP) is 2.16. The summed E-state index contributed by atoms with van der Waals surface area (Å²) in [6.07, 6.45) is 1.62. The molecule has 0 aliphatic heterocycles. The van der Waals surface area contributed by atoms with Gasteiger partial charge in [0.2, 0.25) is 0 Å². The lowest BCUT2D eigenvalue weighted by atomic mass is 10.1. The average Bonchev–Trinajstić information content (AvgIpc) is 2.76. The van der Waals surface area contributed by atoms with E-state index in [1.807, 2.05) is 44.6 Å². The van der Waals surface area contributed by atoms with Crippen LogP contribution in [-0.2, 0) is 23.6 Å². The van der Waals surface area contributed by atoms with E-state index in [4.69, 9.17) is 0 Å². The van der Waals surface area contributed by atoms with Crippen LogP contribution in [0.4, 0.5) is 5.69 Å². The predicted molar refractivity (Wildman–Crippen MR) is 84.9 cm³/mol. The zero-order valence-corrected chi connectivity index (χ0v) is 13.6. The molecule has 0 unspecified atom stereocenters. The molecule has 1 heterocycles. The monoisotopic (exact) mass is 307 g/mol. The van der Waals surface area contributed by atoms with Crippen LogP contribution >= 0.6 is 0 Å². The molecule has 0 fully saturated rings. The molecule has 0 amide bonds. The van der Waals surface area contributed by atoms with Crippen molar-refractivity contribution in [1.29, 1.82) is 0 Å². The van der Waals surface area contributed by atoms with Crippen molar-refractivity contribution in [2.75, 3.05) is 11.8 Å². The summed E-state index contributed by atoms with van der Waals surface area (Å²) in [6, 6.07) is 7.32. The summed E-state index contributed by atoms with van der Waals surface area (Å²) in [5, 5.41) is 3.02. The molecule has 21 heavy (non-hydrogen) atoms. The van der Waals surface area contributed by atoms with E-state index >= 15 is 0 Å². The van der Waals surface area contributed by atoms with Crippen molar-refractivity contribution in [3.63, 3.8) is 0 Å². The largest absolute Gasteiger partial charge is 0.352 e. The van der Waals surface area contributed by atoms with Crippen LogP contribution in [0.3, 0.4) is 0 Å². The topological polar surface area (TPSA) is 63.1 Å². The van der Waals surface area contributed by atoms with Crippen molar-refractivity contribution < 1.29 is 8.42 Å². The molecule has 2 rings (SSSR count). The third-order valence-electron chi connectivity index (χ3n) is 3.38. The second-order valence-corrected chi connectivity index (χ2v) is 6.91. The van der Waals surface area contributed by atoms with E-state index in [9.17, 15) is 8.42 Å². The first-order valence-electron chi connectivity index (χ1n) is 6.73. The maximum Gasteiger partial charge on any atom is 0.263 e. The number of sulfonamides is 1. The zero-order valence-electron chi connectivity index (χ0n) is 12.8. The van der Waals surface area contributed by atoms with Gasteiger partial charge < -0.3 is 9.88 Å². The molecule has 0 saturated carbocycles. The molecular weight excluding hydrogens is 286 g/mol. The smallest absolute Gasteiger partial charge is 0.263 e. The Labute approximate surface area is 126 Å². The van der Waals surface area contributed by atoms with Crippen LogP contribution in [0.15, 0.2) is 35.4 Å². The van der Waals surface area contributed by atoms with E-state index in [1.54, 1.807) is 18.3 Å². The molecule has 6 heteroatoms. The highest BCUT2D eigenvalue weighted by Gasteiger charge is 2.18. The second-order valence-electron chi connectivity index (χ2n) is 5.23. The van der Waals surface area contributed by atoms with Gasteiger partial charge in [-0.1, -0.05) is 17.7 Å². The Hall–Kier alpha value is -1.79. The van der Waals surface area contributed by atoms with Crippen LogP contribution in [0.2, 0.25) is 0 Å². The maximum atomic E-state index is 12.5. The molecule has 0 aliphatic carbocycles. The number of nitrogens with zero attached hydrogens (tertiary/aromatic N) is 1. The van der Waals surface area contributed by atoms with Crippen LogP contribution in [-0.4, -0.2) is 20.0 Å². The third kappa shape index (κ3) is 3.46. The fraction of sp³-hybridized carbons (Fsp3) is 0.333. The zero-order chi connectivity index (χ0) is 15.6. The number of aromatic nitrogens is 1. The number of aryl methyl sites for hydroxylation is 3. The Morgan fingerprint density at radius 2 is 1.90 bits per heavy atom. The van der Waals surface area contributed by atoms with Gasteiger partial charge in [0.05, 0.1) is 5.69 Å². The molecule has 114 valence electrons. The molecule has 2 N–H and O–H groups in total. The van der Waals surface area contributed by atoms with E-state index in [2.05, 4.69) is 10.0 Å². The van der Waals surface area contributed by atoms with Gasteiger partial charge in [0.1, 0.15) is 4.90 Å². The first-order chi connectivity index (χ1) is 9.83. The number of hydrogen-bond acceptors (Lipinski definition) is 3. The number of rotatable bonds is 5. The summed E-state index contributed by atoms with van der Waals surface area (Å²) in [4.78, 5) is 0.273. The van der Waals surface area contributed by atoms with Crippen LogP contribution in [0.25, 0.3) is 0 Å². The minimum absolute atomic E-state index is 0.273. The van der Waals surface area contributed by atoms with Crippen molar-refractivity contribution in [2.24, 2.45) is 7.05 Å². The van der Waals surface area contributed by atoms with Gasteiger partial charge in [-0.3, -0.25) is 4.72 Å². The van der Waals surface area contributed by atoms with Gasteiger partial charge in [-0.2, -0.15) is 0 Å². The summed E-state index contributed by atoms with van der Waals surface area (Å²) in [5.74, 6) is 0. The standard InChI is InChI=1S/C15H21N3O2S/c1-11-5-6-15(12(2)7-11)17-21(19,20)14-8-13(9-16-3)18(4)10-14/h5-8,10,16-17H,9H2,1-4H3. The van der Waals surface area contributed by atoms with Crippen molar-refractivity contribution in [2.45, 2.75) is 25.3 Å². The van der Waals surface area contributed by atoms with Gasteiger partial charge in [0.15, 0.2) is 0 Å². The van der Waals surface area contributed by atoms with Gasteiger partial charge >= 0.3 is 0 Å². The fourth-order valence-electron chi connectivity index (χ4n) is 2.21. The van der Waals surface area contributed by atoms with Crippen molar-refractivity contribution in [3.05, 3.63) is 47.3 Å². The Morgan fingerprint density at radius 3 is 2.52 bits per heavy atom. The van der Waals surface area contributed by atoms with Gasteiger partial charge in [-0.25, -0.2) is 8.42 Å². The first-order valence-corrected chi connectivity index (χ1v) is 8.21. The fourth-order valence-corrected chi connectivity index (χ4v) is 3.44. The molecule has 1 aromatic carbocycles. The van der Waals surface area contributed by atoms with Gasteiger partial charge in [-0.15, -0.1) is 0 Å². The average molecular weight is 307 g/mol. The normalized spacial score (nSPS) is 11.6. The Morgan fingerprint density at radius 1 is 1.19 bits per heavy atom. The summed E-state index contributed by atoms with van der Waals surface area (Å²) in [6.45, 7) is 4.49. The number of hydrogen-bond donors (Lipinski definition) is 2. The summed E-state index contributed by atoms with van der Waals surface area (Å²) >= 11 is 0. The molecular formula is C15H21N3O2S. The van der Waals surface area contributed by atoms with Crippen molar-refractivity contribution in [1.82, 2.24) is 9.88 Å². The molecule has 1 aromatic heterocycles. The lowest BCUT2D eigenvalue weighted by molar-refractivity contribution is 0.601. The maximum absolute atomic E-state index is 12.5. The summed E-state index contributed by atoms with van der Waals surface area (Å²) in [5.41, 5.74) is 3.54. The van der Waals surface area contributed by atoms with Crippen LogP contribution in [0.5, 0.6) is 0 Å². The van der Waals surface area contributed by atoms with Gasteiger partial charge in [0, 0.05) is 25.5 Å². The summed E-state index contributed by atoms with van der Waals surface area (Å²) < 4.78 is 29.4. The SMILES string of the molecule is CNCc1cc(S(=O)(=O)Nc2ccc(C)cc2C)cn1C. The van der Waals surface area contributed by atoms with Crippen LogP contribution < -0.4 is 10.0 Å². The number of nitrogens with one attached hydrogen (secondary N) is 2. The van der Waals surface area contributed by atoms with E-state index in [0.29, 0.717) is 12.2 Å². The highest BCUT2D eigenvalue weighted by molar-refractivity contribution is 7.92. The molecule has 0 bridgehead atoms. The Bertz CT molecular complexity index is 748. The molecule has 0 spiro atoms. The molecule has 0 saturated heterocycles. The lowest BCUT2D eigenvalue weighted by Crippen LogP contribution is -2.13. The quantitative estimate of drug-likeness (QED) is 0.890. The Balaban J connectivity index is 2.32. The minimum Gasteiger partial charge on any atom is -0.352 e. The molecule has 0 radical (unpaired) electrons. The molecule has 5 nitrogen and oxygen atoms in total. The van der Waals surface area contributed by atoms with Crippen molar-refractivity contribution >= 4 is 15.7 Å². The Kier molecular flexibility index (Phi) is 4.39. The van der Waals surface area contributed by atoms with E-state index in [0.717, 1.165) is 16.8 Å². The van der Waals surface area contributed by atoms with Crippen LogP contribution in [0.1, 0.15) is 16.8 Å². The number of anilines is 1. The second kappa shape index (κ2) is 5.91. The highest BCUT2D eigenvalue weighted by Crippen LogP contribution is 2.21. The highest BCUT2D eigenvalue weighted by atomic mass is 32.2. The molecule has 2 aromatic rings. The lowest BCUT2D eigenvalue weighted by Gasteiger charge is -2.10.